The van der Waals surface area contributed by atoms with Gasteiger partial charge in [-0.2, -0.15) is 8.78 Å². The van der Waals surface area contributed by atoms with Crippen molar-refractivity contribution < 1.29 is 23.0 Å². The molecule has 0 aliphatic heterocycles. The topological polar surface area (TPSA) is 82.4 Å². The molecule has 182 valence electrons. The molecule has 0 atom stereocenters. The average Bonchev–Trinajstić information content (AvgIpc) is 2.82. The molecule has 0 fully saturated rings. The highest BCUT2D eigenvalue weighted by atomic mass is 32.2. The van der Waals surface area contributed by atoms with Crippen LogP contribution in [-0.4, -0.2) is 47.6 Å². The van der Waals surface area contributed by atoms with E-state index >= 15 is 0 Å². The monoisotopic (exact) mass is 491 g/mol. The molecule has 0 saturated heterocycles. The normalized spacial score (nSPS) is 11.2. The molecule has 1 aromatic heterocycles. The fraction of sp³-hybridized carbons (Fsp3) is 0.375. The van der Waals surface area contributed by atoms with Crippen molar-refractivity contribution in [3.05, 3.63) is 64.4 Å². The number of alkyl halides is 2. The summed E-state index contributed by atoms with van der Waals surface area (Å²) in [4.78, 5) is 30.0. The number of aromatic nitrogens is 2. The van der Waals surface area contributed by atoms with Crippen LogP contribution >= 0.6 is 11.8 Å². The third-order valence-electron chi connectivity index (χ3n) is 4.92. The van der Waals surface area contributed by atoms with Gasteiger partial charge in [-0.25, -0.2) is 4.98 Å². The summed E-state index contributed by atoms with van der Waals surface area (Å²) >= 11 is 1.21. The number of para-hydroxylation sites is 1. The van der Waals surface area contributed by atoms with Crippen molar-refractivity contribution in [1.82, 2.24) is 14.9 Å². The van der Waals surface area contributed by atoms with E-state index in [1.165, 1.54) is 23.9 Å². The molecule has 0 spiro atoms. The van der Waals surface area contributed by atoms with Crippen LogP contribution in [0.3, 0.4) is 0 Å². The third-order valence-corrected chi connectivity index (χ3v) is 5.89. The number of hydrogen-bond acceptors (Lipinski definition) is 6. The standard InChI is InChI=1S/C24H27F2N3O4S/c1-2-32-15-5-14-29-22(31)19-6-3-4-7-20(19)28-24(29)34-16-21(30)27-13-12-17-8-10-18(11-9-17)33-23(25)26/h3-4,6-11,23H,2,5,12-16H2,1H3,(H,27,30). The second-order valence-corrected chi connectivity index (χ2v) is 8.27. The molecule has 0 unspecified atom stereocenters. The van der Waals surface area contributed by atoms with Gasteiger partial charge in [-0.3, -0.25) is 14.2 Å². The zero-order valence-electron chi connectivity index (χ0n) is 18.8. The minimum atomic E-state index is -2.86. The fourth-order valence-electron chi connectivity index (χ4n) is 3.29. The molecular formula is C24H27F2N3O4S. The van der Waals surface area contributed by atoms with Gasteiger partial charge in [0.1, 0.15) is 5.75 Å². The number of fused-ring (bicyclic) bond motifs is 1. The predicted octanol–water partition coefficient (Wildman–Crippen LogP) is 3.88. The molecular weight excluding hydrogens is 464 g/mol. The zero-order valence-corrected chi connectivity index (χ0v) is 19.7. The van der Waals surface area contributed by atoms with E-state index in [2.05, 4.69) is 15.0 Å². The molecule has 34 heavy (non-hydrogen) atoms. The maximum atomic E-state index is 13.0. The van der Waals surface area contributed by atoms with Crippen LogP contribution < -0.4 is 15.6 Å². The van der Waals surface area contributed by atoms with E-state index in [9.17, 15) is 18.4 Å². The summed E-state index contributed by atoms with van der Waals surface area (Å²) in [5, 5.41) is 3.86. The Labute approximate surface area is 200 Å². The lowest BCUT2D eigenvalue weighted by Crippen LogP contribution is -2.28. The quantitative estimate of drug-likeness (QED) is 0.222. The molecule has 2 aromatic carbocycles. The molecule has 0 radical (unpaired) electrons. The Morgan fingerprint density at radius 2 is 1.94 bits per heavy atom. The first-order valence-corrected chi connectivity index (χ1v) is 12.0. The van der Waals surface area contributed by atoms with Crippen LogP contribution in [0.1, 0.15) is 18.9 Å². The third kappa shape index (κ3) is 7.53. The van der Waals surface area contributed by atoms with Crippen LogP contribution in [0.25, 0.3) is 10.9 Å². The molecule has 3 rings (SSSR count). The first kappa shape index (κ1) is 25.6. The highest BCUT2D eigenvalue weighted by Gasteiger charge is 2.13. The lowest BCUT2D eigenvalue weighted by Gasteiger charge is -2.13. The van der Waals surface area contributed by atoms with Gasteiger partial charge in [0.25, 0.3) is 5.56 Å². The fourth-order valence-corrected chi connectivity index (χ4v) is 4.14. The van der Waals surface area contributed by atoms with Gasteiger partial charge in [-0.15, -0.1) is 0 Å². The largest absolute Gasteiger partial charge is 0.435 e. The van der Waals surface area contributed by atoms with Crippen molar-refractivity contribution in [3.8, 4) is 5.75 Å². The predicted molar refractivity (Wildman–Crippen MR) is 128 cm³/mol. The van der Waals surface area contributed by atoms with Crippen LogP contribution in [0.2, 0.25) is 0 Å². The van der Waals surface area contributed by atoms with E-state index in [0.717, 1.165) is 5.56 Å². The number of nitrogens with zero attached hydrogens (tertiary/aromatic N) is 2. The molecule has 1 N–H and O–H groups in total. The number of carbonyl (C=O) groups excluding carboxylic acids is 1. The maximum absolute atomic E-state index is 13.0. The number of thioether (sulfide) groups is 1. The summed E-state index contributed by atoms with van der Waals surface area (Å²) in [6, 6.07) is 13.4. The lowest BCUT2D eigenvalue weighted by atomic mass is 10.1. The summed E-state index contributed by atoms with van der Waals surface area (Å²) < 4.78 is 35.7. The van der Waals surface area contributed by atoms with Crippen LogP contribution in [0.15, 0.2) is 58.5 Å². The van der Waals surface area contributed by atoms with Crippen molar-refractivity contribution >= 4 is 28.6 Å². The van der Waals surface area contributed by atoms with E-state index in [0.29, 0.717) is 55.2 Å². The smallest absolute Gasteiger partial charge is 0.387 e. The summed E-state index contributed by atoms with van der Waals surface area (Å²) in [7, 11) is 0. The zero-order chi connectivity index (χ0) is 24.3. The molecule has 1 amide bonds. The number of halogens is 2. The minimum Gasteiger partial charge on any atom is -0.435 e. The number of amides is 1. The van der Waals surface area contributed by atoms with E-state index in [1.807, 2.05) is 13.0 Å². The van der Waals surface area contributed by atoms with Gasteiger partial charge in [0.2, 0.25) is 5.91 Å². The average molecular weight is 492 g/mol. The number of ether oxygens (including phenoxy) is 2. The van der Waals surface area contributed by atoms with Gasteiger partial charge >= 0.3 is 6.61 Å². The van der Waals surface area contributed by atoms with E-state index < -0.39 is 6.61 Å². The molecule has 0 aliphatic carbocycles. The lowest BCUT2D eigenvalue weighted by molar-refractivity contribution is -0.118. The van der Waals surface area contributed by atoms with Crippen LogP contribution in [0.4, 0.5) is 8.78 Å². The number of rotatable bonds is 13. The number of nitrogens with one attached hydrogen (secondary N) is 1. The maximum Gasteiger partial charge on any atom is 0.387 e. The van der Waals surface area contributed by atoms with E-state index in [1.54, 1.807) is 34.9 Å². The van der Waals surface area contributed by atoms with Crippen molar-refractivity contribution in [2.24, 2.45) is 0 Å². The molecule has 0 saturated carbocycles. The Morgan fingerprint density at radius 1 is 1.18 bits per heavy atom. The number of hydrogen-bond donors (Lipinski definition) is 1. The van der Waals surface area contributed by atoms with Gasteiger partial charge in [0.05, 0.1) is 16.7 Å². The molecule has 0 aliphatic rings. The molecule has 1 heterocycles. The van der Waals surface area contributed by atoms with Gasteiger partial charge in [0, 0.05) is 26.3 Å². The highest BCUT2D eigenvalue weighted by molar-refractivity contribution is 7.99. The van der Waals surface area contributed by atoms with Crippen LogP contribution in [0, 0.1) is 0 Å². The summed E-state index contributed by atoms with van der Waals surface area (Å²) in [6.45, 7) is 1.05. The second-order valence-electron chi connectivity index (χ2n) is 7.33. The second kappa shape index (κ2) is 13.0. The Hall–Kier alpha value is -2.98. The first-order chi connectivity index (χ1) is 16.5. The number of benzene rings is 2. The molecule has 10 heteroatoms. The van der Waals surface area contributed by atoms with Gasteiger partial charge < -0.3 is 14.8 Å². The minimum absolute atomic E-state index is 0.0920. The van der Waals surface area contributed by atoms with Gasteiger partial charge in [-0.05, 0) is 49.6 Å². The van der Waals surface area contributed by atoms with Crippen molar-refractivity contribution in [1.29, 1.82) is 0 Å². The van der Waals surface area contributed by atoms with Crippen LogP contribution in [0.5, 0.6) is 5.75 Å². The van der Waals surface area contributed by atoms with E-state index in [4.69, 9.17) is 4.74 Å². The van der Waals surface area contributed by atoms with Gasteiger partial charge in [0.15, 0.2) is 5.16 Å². The highest BCUT2D eigenvalue weighted by Crippen LogP contribution is 2.18. The van der Waals surface area contributed by atoms with E-state index in [-0.39, 0.29) is 23.0 Å². The van der Waals surface area contributed by atoms with Gasteiger partial charge in [-0.1, -0.05) is 36.0 Å². The summed E-state index contributed by atoms with van der Waals surface area (Å²) in [6.07, 6.45) is 1.20. The first-order valence-electron chi connectivity index (χ1n) is 11.0. The molecule has 0 bridgehead atoms. The van der Waals surface area contributed by atoms with Crippen LogP contribution in [-0.2, 0) is 22.5 Å². The summed E-state index contributed by atoms with van der Waals surface area (Å²) in [5.74, 6) is 0.0116. The molecule has 3 aromatic rings. The number of carbonyl (C=O) groups is 1. The van der Waals surface area contributed by atoms with Crippen molar-refractivity contribution in [2.45, 2.75) is 38.1 Å². The SMILES string of the molecule is CCOCCCn1c(SCC(=O)NCCc2ccc(OC(F)F)cc2)nc2ccccc2c1=O. The Kier molecular flexibility index (Phi) is 9.84. The Balaban J connectivity index is 1.57. The summed E-state index contributed by atoms with van der Waals surface area (Å²) in [5.41, 5.74) is 1.34. The Bertz CT molecular complexity index is 1140. The van der Waals surface area contributed by atoms with Crippen molar-refractivity contribution in [2.75, 3.05) is 25.5 Å². The molecule has 7 nitrogen and oxygen atoms in total. The Morgan fingerprint density at radius 3 is 2.68 bits per heavy atom. The van der Waals surface area contributed by atoms with Crippen molar-refractivity contribution in [3.63, 3.8) is 0 Å².